The zero-order chi connectivity index (χ0) is 17.4. The van der Waals surface area contributed by atoms with Gasteiger partial charge in [-0.3, -0.25) is 0 Å². The van der Waals surface area contributed by atoms with E-state index >= 15 is 0 Å². The van der Waals surface area contributed by atoms with Gasteiger partial charge < -0.3 is 9.64 Å². The molecule has 1 aliphatic rings. The number of fused-ring (bicyclic) bond motifs is 3. The second kappa shape index (κ2) is 6.30. The lowest BCUT2D eigenvalue weighted by molar-refractivity contribution is 0.177. The van der Waals surface area contributed by atoms with Crippen molar-refractivity contribution in [2.45, 2.75) is 19.6 Å². The molecule has 4 rings (SSSR count). The fraction of sp³-hybridized carbons (Fsp3) is 0.238. The third-order valence-corrected chi connectivity index (χ3v) is 4.71. The number of anilines is 1. The first-order valence-electron chi connectivity index (χ1n) is 8.43. The number of methoxy groups -OCH3 is 1. The molecule has 1 aromatic heterocycles. The van der Waals surface area contributed by atoms with Crippen LogP contribution in [0, 0.1) is 6.92 Å². The van der Waals surface area contributed by atoms with Gasteiger partial charge in [-0.2, -0.15) is 0 Å². The van der Waals surface area contributed by atoms with E-state index in [4.69, 9.17) is 9.72 Å². The van der Waals surface area contributed by atoms with Crippen molar-refractivity contribution in [3.8, 4) is 11.1 Å². The minimum absolute atomic E-state index is 0.150. The highest BCUT2D eigenvalue weighted by Crippen LogP contribution is 2.46. The van der Waals surface area contributed by atoms with E-state index in [0.717, 1.165) is 11.5 Å². The smallest absolute Gasteiger partial charge is 0.156 e. The van der Waals surface area contributed by atoms with Crippen molar-refractivity contribution in [2.75, 3.05) is 19.1 Å². The van der Waals surface area contributed by atoms with Gasteiger partial charge in [-0.25, -0.2) is 9.97 Å². The van der Waals surface area contributed by atoms with E-state index in [2.05, 4.69) is 65.5 Å². The van der Waals surface area contributed by atoms with Gasteiger partial charge in [-0.05, 0) is 29.2 Å². The number of aromatic nitrogens is 2. The van der Waals surface area contributed by atoms with Gasteiger partial charge in [0.05, 0.1) is 6.04 Å². The van der Waals surface area contributed by atoms with Crippen LogP contribution in [0.25, 0.3) is 11.1 Å². The molecular formula is C21H21N3O. The summed E-state index contributed by atoms with van der Waals surface area (Å²) in [6.45, 7) is 2.41. The molecule has 126 valence electrons. The van der Waals surface area contributed by atoms with Crippen molar-refractivity contribution in [1.82, 2.24) is 9.97 Å². The number of ether oxygens (including phenoxy) is 1. The highest BCUT2D eigenvalue weighted by molar-refractivity contribution is 5.80. The quantitative estimate of drug-likeness (QED) is 0.720. The summed E-state index contributed by atoms with van der Waals surface area (Å²) in [6, 6.07) is 19.4. The van der Waals surface area contributed by atoms with Crippen molar-refractivity contribution >= 4 is 5.82 Å². The SMILES string of the molecule is COCc1nc(C)cc(N(C)C2c3ccccc3-c3ccccc32)n1. The maximum Gasteiger partial charge on any atom is 0.156 e. The molecule has 0 bridgehead atoms. The molecule has 0 atom stereocenters. The van der Waals surface area contributed by atoms with Crippen LogP contribution in [0.3, 0.4) is 0 Å². The lowest BCUT2D eigenvalue weighted by Gasteiger charge is -2.28. The molecule has 1 heterocycles. The number of aryl methyl sites for hydroxylation is 1. The summed E-state index contributed by atoms with van der Waals surface area (Å²) in [6.07, 6.45) is 0. The molecule has 0 fully saturated rings. The Morgan fingerprint density at radius 1 is 0.960 bits per heavy atom. The average Bonchev–Trinajstić information content (AvgIpc) is 2.95. The van der Waals surface area contributed by atoms with Gasteiger partial charge in [0.1, 0.15) is 12.4 Å². The van der Waals surface area contributed by atoms with E-state index < -0.39 is 0 Å². The Kier molecular flexibility index (Phi) is 3.98. The summed E-state index contributed by atoms with van der Waals surface area (Å²) in [7, 11) is 3.76. The lowest BCUT2D eigenvalue weighted by atomic mass is 10.0. The number of benzene rings is 2. The van der Waals surface area contributed by atoms with Crippen LogP contribution in [0.4, 0.5) is 5.82 Å². The summed E-state index contributed by atoms with van der Waals surface area (Å²) in [5, 5.41) is 0. The molecule has 0 N–H and O–H groups in total. The second-order valence-electron chi connectivity index (χ2n) is 6.40. The van der Waals surface area contributed by atoms with Crippen LogP contribution in [0.15, 0.2) is 54.6 Å². The highest BCUT2D eigenvalue weighted by Gasteiger charge is 2.31. The van der Waals surface area contributed by atoms with Crippen LogP contribution in [0.2, 0.25) is 0 Å². The predicted molar refractivity (Wildman–Crippen MR) is 99.6 cm³/mol. The zero-order valence-corrected chi connectivity index (χ0v) is 14.7. The first-order valence-corrected chi connectivity index (χ1v) is 8.43. The van der Waals surface area contributed by atoms with Crippen LogP contribution < -0.4 is 4.90 Å². The Labute approximate surface area is 148 Å². The minimum Gasteiger partial charge on any atom is -0.377 e. The summed E-state index contributed by atoms with van der Waals surface area (Å²) < 4.78 is 5.21. The standard InChI is InChI=1S/C21H21N3O/c1-14-12-20(23-19(22-14)13-25-3)24(2)21-17-10-6-4-8-15(17)16-9-5-7-11-18(16)21/h4-12,21H,13H2,1-3H3. The van der Waals surface area contributed by atoms with E-state index in [9.17, 15) is 0 Å². The molecule has 2 aromatic carbocycles. The molecular weight excluding hydrogens is 310 g/mol. The van der Waals surface area contributed by atoms with E-state index in [-0.39, 0.29) is 6.04 Å². The fourth-order valence-corrected chi connectivity index (χ4v) is 3.67. The second-order valence-corrected chi connectivity index (χ2v) is 6.40. The minimum atomic E-state index is 0.150. The molecule has 0 unspecified atom stereocenters. The van der Waals surface area contributed by atoms with E-state index in [1.54, 1.807) is 7.11 Å². The van der Waals surface area contributed by atoms with Crippen LogP contribution >= 0.6 is 0 Å². The molecule has 0 amide bonds. The van der Waals surface area contributed by atoms with Crippen molar-refractivity contribution in [3.63, 3.8) is 0 Å². The van der Waals surface area contributed by atoms with Gasteiger partial charge in [0.25, 0.3) is 0 Å². The van der Waals surface area contributed by atoms with Gasteiger partial charge >= 0.3 is 0 Å². The predicted octanol–water partition coefficient (Wildman–Crippen LogP) is 4.14. The zero-order valence-electron chi connectivity index (χ0n) is 14.7. The average molecular weight is 331 g/mol. The third-order valence-electron chi connectivity index (χ3n) is 4.71. The van der Waals surface area contributed by atoms with Crippen molar-refractivity contribution < 1.29 is 4.74 Å². The van der Waals surface area contributed by atoms with Gasteiger partial charge in [-0.15, -0.1) is 0 Å². The van der Waals surface area contributed by atoms with Gasteiger partial charge in [-0.1, -0.05) is 48.5 Å². The Bertz CT molecular complexity index is 877. The molecule has 0 radical (unpaired) electrons. The van der Waals surface area contributed by atoms with Crippen LogP contribution in [-0.2, 0) is 11.3 Å². The maximum atomic E-state index is 5.21. The molecule has 3 aromatic rings. The number of rotatable bonds is 4. The number of nitrogens with zero attached hydrogens (tertiary/aromatic N) is 3. The molecule has 4 nitrogen and oxygen atoms in total. The highest BCUT2D eigenvalue weighted by atomic mass is 16.5. The molecule has 4 heteroatoms. The first kappa shape index (κ1) is 15.8. The largest absolute Gasteiger partial charge is 0.377 e. The Morgan fingerprint density at radius 2 is 1.56 bits per heavy atom. The molecule has 0 saturated heterocycles. The van der Waals surface area contributed by atoms with E-state index in [1.807, 2.05) is 13.0 Å². The summed E-state index contributed by atoms with van der Waals surface area (Å²) in [5.74, 6) is 1.62. The molecule has 1 aliphatic carbocycles. The molecule has 0 saturated carbocycles. The molecule has 25 heavy (non-hydrogen) atoms. The van der Waals surface area contributed by atoms with Gasteiger partial charge in [0.2, 0.25) is 0 Å². The maximum absolute atomic E-state index is 5.21. The normalized spacial score (nSPS) is 12.8. The number of hydrogen-bond acceptors (Lipinski definition) is 4. The Balaban J connectivity index is 1.82. The van der Waals surface area contributed by atoms with Crippen molar-refractivity contribution in [1.29, 1.82) is 0 Å². The Morgan fingerprint density at radius 3 is 2.16 bits per heavy atom. The number of hydrogen-bond donors (Lipinski definition) is 0. The monoisotopic (exact) mass is 331 g/mol. The fourth-order valence-electron chi connectivity index (χ4n) is 3.67. The van der Waals surface area contributed by atoms with Crippen LogP contribution in [0.5, 0.6) is 0 Å². The first-order chi connectivity index (χ1) is 12.2. The molecule has 0 aliphatic heterocycles. The summed E-state index contributed by atoms with van der Waals surface area (Å²) >= 11 is 0. The summed E-state index contributed by atoms with van der Waals surface area (Å²) in [4.78, 5) is 11.4. The topological polar surface area (TPSA) is 38.2 Å². The van der Waals surface area contributed by atoms with Gasteiger partial charge in [0, 0.05) is 25.9 Å². The van der Waals surface area contributed by atoms with Gasteiger partial charge in [0.15, 0.2) is 5.82 Å². The van der Waals surface area contributed by atoms with Crippen molar-refractivity contribution in [3.05, 3.63) is 77.2 Å². The van der Waals surface area contributed by atoms with E-state index in [0.29, 0.717) is 12.4 Å². The molecule has 0 spiro atoms. The van der Waals surface area contributed by atoms with E-state index in [1.165, 1.54) is 22.3 Å². The third kappa shape index (κ3) is 2.68. The van der Waals surface area contributed by atoms with Crippen LogP contribution in [0.1, 0.15) is 28.7 Å². The summed E-state index contributed by atoms with van der Waals surface area (Å²) in [5.41, 5.74) is 6.19. The Hall–Kier alpha value is -2.72. The van der Waals surface area contributed by atoms with Crippen LogP contribution in [-0.4, -0.2) is 24.1 Å². The van der Waals surface area contributed by atoms with Crippen molar-refractivity contribution in [2.24, 2.45) is 0 Å². The lowest BCUT2D eigenvalue weighted by Crippen LogP contribution is -2.25.